The van der Waals surface area contributed by atoms with Crippen molar-refractivity contribution in [3.05, 3.63) is 70.1 Å². The number of nitrogens with one attached hydrogen (secondary N) is 3. The minimum absolute atomic E-state index is 1.08. The maximum absolute atomic E-state index is 3.58. The second kappa shape index (κ2) is 5.64. The van der Waals surface area contributed by atoms with Gasteiger partial charge >= 0.3 is 0 Å². The topological polar surface area (TPSA) is 47.4 Å². The van der Waals surface area contributed by atoms with E-state index in [1.807, 2.05) is 0 Å². The monoisotopic (exact) mass is 453 g/mol. The highest BCUT2D eigenvalue weighted by Gasteiger charge is 2.16. The molecule has 0 unspecified atom stereocenters. The first-order valence-electron chi connectivity index (χ1n) is 7.91. The molecule has 25 heavy (non-hydrogen) atoms. The number of benzene rings is 2. The van der Waals surface area contributed by atoms with E-state index in [-0.39, 0.29) is 0 Å². The van der Waals surface area contributed by atoms with Gasteiger partial charge in [0, 0.05) is 77.8 Å². The van der Waals surface area contributed by atoms with Gasteiger partial charge in [0.25, 0.3) is 0 Å². The van der Waals surface area contributed by atoms with Gasteiger partial charge in [0.05, 0.1) is 0 Å². The van der Waals surface area contributed by atoms with Crippen LogP contribution in [-0.4, -0.2) is 15.0 Å². The Labute approximate surface area is 160 Å². The molecular formula is C20H13Br2N3. The Kier molecular flexibility index (Phi) is 3.40. The van der Waals surface area contributed by atoms with Crippen LogP contribution in [0.2, 0.25) is 0 Å². The molecule has 0 spiro atoms. The molecule has 3 heterocycles. The highest BCUT2D eigenvalue weighted by atomic mass is 79.9. The molecule has 0 fully saturated rings. The van der Waals surface area contributed by atoms with Crippen molar-refractivity contribution in [3.8, 4) is 22.3 Å². The summed E-state index contributed by atoms with van der Waals surface area (Å²) in [4.78, 5) is 10.0. The third-order valence-electron chi connectivity index (χ3n) is 4.61. The minimum atomic E-state index is 1.08. The van der Waals surface area contributed by atoms with Crippen LogP contribution in [0.15, 0.2) is 70.1 Å². The molecule has 122 valence electrons. The Morgan fingerprint density at radius 2 is 1.04 bits per heavy atom. The maximum atomic E-state index is 3.58. The molecule has 3 N–H and O–H groups in total. The van der Waals surface area contributed by atoms with E-state index in [4.69, 9.17) is 0 Å². The van der Waals surface area contributed by atoms with Crippen LogP contribution in [0.25, 0.3) is 44.1 Å². The SMILES string of the molecule is Brc1ccc2[nH]cc(-c3c[nH]cc3-c3c[nH]c4ccc(Br)cc34)c2c1. The number of H-pyrrole nitrogens is 3. The van der Waals surface area contributed by atoms with E-state index < -0.39 is 0 Å². The van der Waals surface area contributed by atoms with Crippen LogP contribution in [-0.2, 0) is 0 Å². The lowest BCUT2D eigenvalue weighted by Gasteiger charge is -2.03. The molecule has 0 aliphatic heterocycles. The molecule has 0 saturated heterocycles. The van der Waals surface area contributed by atoms with Crippen LogP contribution >= 0.6 is 31.9 Å². The second-order valence-electron chi connectivity index (χ2n) is 6.07. The van der Waals surface area contributed by atoms with E-state index in [1.165, 1.54) is 33.0 Å². The number of fused-ring (bicyclic) bond motifs is 2. The molecule has 5 rings (SSSR count). The fourth-order valence-corrected chi connectivity index (χ4v) is 4.16. The predicted octanol–water partition coefficient (Wildman–Crippen LogP) is 6.84. The molecule has 2 aromatic carbocycles. The van der Waals surface area contributed by atoms with Gasteiger partial charge in [-0.25, -0.2) is 0 Å². The van der Waals surface area contributed by atoms with E-state index in [0.717, 1.165) is 20.0 Å². The Hall–Kier alpha value is -2.24. The largest absolute Gasteiger partial charge is 0.366 e. The van der Waals surface area contributed by atoms with Gasteiger partial charge in [0.15, 0.2) is 0 Å². The number of halogens is 2. The van der Waals surface area contributed by atoms with E-state index in [0.29, 0.717) is 0 Å². The molecule has 0 atom stereocenters. The van der Waals surface area contributed by atoms with Gasteiger partial charge in [0.1, 0.15) is 0 Å². The summed E-state index contributed by atoms with van der Waals surface area (Å²) in [7, 11) is 0. The van der Waals surface area contributed by atoms with Crippen LogP contribution in [0.5, 0.6) is 0 Å². The lowest BCUT2D eigenvalue weighted by Crippen LogP contribution is -1.78. The summed E-state index contributed by atoms with van der Waals surface area (Å²) in [6, 6.07) is 12.6. The summed E-state index contributed by atoms with van der Waals surface area (Å²) in [5.74, 6) is 0. The number of aromatic nitrogens is 3. The number of aromatic amines is 3. The van der Waals surface area contributed by atoms with Crippen LogP contribution in [0.4, 0.5) is 0 Å². The van der Waals surface area contributed by atoms with Crippen molar-refractivity contribution < 1.29 is 0 Å². The van der Waals surface area contributed by atoms with E-state index in [2.05, 4.69) is 108 Å². The fraction of sp³-hybridized carbons (Fsp3) is 0. The quantitative estimate of drug-likeness (QED) is 0.261. The summed E-state index contributed by atoms with van der Waals surface area (Å²) in [6.45, 7) is 0. The average molecular weight is 455 g/mol. The lowest BCUT2D eigenvalue weighted by atomic mass is 9.98. The number of hydrogen-bond acceptors (Lipinski definition) is 0. The average Bonchev–Trinajstić information content (AvgIpc) is 3.30. The molecule has 0 bridgehead atoms. The zero-order valence-electron chi connectivity index (χ0n) is 13.0. The van der Waals surface area contributed by atoms with Crippen LogP contribution in [0.3, 0.4) is 0 Å². The fourth-order valence-electron chi connectivity index (χ4n) is 3.44. The summed E-state index contributed by atoms with van der Waals surface area (Å²) in [5.41, 5.74) is 7.02. The van der Waals surface area contributed by atoms with Gasteiger partial charge in [-0.1, -0.05) is 31.9 Å². The molecule has 5 aromatic rings. The van der Waals surface area contributed by atoms with Crippen molar-refractivity contribution in [1.29, 1.82) is 0 Å². The molecule has 5 heteroatoms. The number of hydrogen-bond donors (Lipinski definition) is 3. The van der Waals surface area contributed by atoms with E-state index in [1.54, 1.807) is 0 Å². The smallest absolute Gasteiger partial charge is 0.0461 e. The third kappa shape index (κ3) is 2.38. The van der Waals surface area contributed by atoms with Gasteiger partial charge in [0.2, 0.25) is 0 Å². The van der Waals surface area contributed by atoms with Crippen molar-refractivity contribution >= 4 is 53.7 Å². The minimum Gasteiger partial charge on any atom is -0.366 e. The molecule has 0 radical (unpaired) electrons. The summed E-state index contributed by atoms with van der Waals surface area (Å²) < 4.78 is 2.16. The zero-order chi connectivity index (χ0) is 17.0. The lowest BCUT2D eigenvalue weighted by molar-refractivity contribution is 1.41. The molecule has 0 aliphatic rings. The summed E-state index contributed by atoms with van der Waals surface area (Å²) in [5, 5.41) is 2.41. The molecule has 0 saturated carbocycles. The van der Waals surface area contributed by atoms with Crippen molar-refractivity contribution in [2.24, 2.45) is 0 Å². The van der Waals surface area contributed by atoms with E-state index >= 15 is 0 Å². The van der Waals surface area contributed by atoms with Gasteiger partial charge in [-0.2, -0.15) is 0 Å². The molecular weight excluding hydrogens is 442 g/mol. The zero-order valence-corrected chi connectivity index (χ0v) is 16.2. The van der Waals surface area contributed by atoms with Crippen molar-refractivity contribution in [2.45, 2.75) is 0 Å². The summed E-state index contributed by atoms with van der Waals surface area (Å²) in [6.07, 6.45) is 8.29. The van der Waals surface area contributed by atoms with Crippen LogP contribution in [0.1, 0.15) is 0 Å². The maximum Gasteiger partial charge on any atom is 0.0461 e. The first-order chi connectivity index (χ1) is 12.2. The normalized spacial score (nSPS) is 11.6. The second-order valence-corrected chi connectivity index (χ2v) is 7.90. The molecule has 3 aromatic heterocycles. The Bertz CT molecular complexity index is 1130. The standard InChI is InChI=1S/C20H13Br2N3/c21-11-1-3-19-13(5-11)17(9-24-19)15-7-23-8-16(15)18-10-25-20-4-2-12(22)6-14(18)20/h1-10,23-25H. The Balaban J connectivity index is 1.76. The third-order valence-corrected chi connectivity index (χ3v) is 5.60. The predicted molar refractivity (Wildman–Crippen MR) is 111 cm³/mol. The Morgan fingerprint density at radius 3 is 1.52 bits per heavy atom. The van der Waals surface area contributed by atoms with Gasteiger partial charge in [-0.15, -0.1) is 0 Å². The van der Waals surface area contributed by atoms with Gasteiger partial charge in [-0.3, -0.25) is 0 Å². The van der Waals surface area contributed by atoms with Crippen molar-refractivity contribution in [1.82, 2.24) is 15.0 Å². The summed E-state index contributed by atoms with van der Waals surface area (Å²) >= 11 is 7.16. The van der Waals surface area contributed by atoms with E-state index in [9.17, 15) is 0 Å². The molecule has 0 amide bonds. The molecule has 3 nitrogen and oxygen atoms in total. The van der Waals surface area contributed by atoms with Crippen LogP contribution in [0, 0.1) is 0 Å². The molecule has 0 aliphatic carbocycles. The highest BCUT2D eigenvalue weighted by molar-refractivity contribution is 9.10. The first-order valence-corrected chi connectivity index (χ1v) is 9.50. The number of rotatable bonds is 2. The van der Waals surface area contributed by atoms with Gasteiger partial charge < -0.3 is 15.0 Å². The van der Waals surface area contributed by atoms with Gasteiger partial charge in [-0.05, 0) is 36.4 Å². The van der Waals surface area contributed by atoms with Crippen molar-refractivity contribution in [2.75, 3.05) is 0 Å². The van der Waals surface area contributed by atoms with Crippen molar-refractivity contribution in [3.63, 3.8) is 0 Å². The Morgan fingerprint density at radius 1 is 0.560 bits per heavy atom. The van der Waals surface area contributed by atoms with Crippen LogP contribution < -0.4 is 0 Å². The highest BCUT2D eigenvalue weighted by Crippen LogP contribution is 2.40. The first kappa shape index (κ1) is 15.0.